The van der Waals surface area contributed by atoms with Crippen LogP contribution in [0.25, 0.3) is 0 Å². The molecule has 0 aromatic carbocycles. The van der Waals surface area contributed by atoms with Crippen molar-refractivity contribution in [2.24, 2.45) is 5.92 Å². The molecule has 3 nitrogen and oxygen atoms in total. The topological polar surface area (TPSA) is 37.4 Å². The first-order valence-corrected chi connectivity index (χ1v) is 4.88. The molecule has 13 heavy (non-hydrogen) atoms. The van der Waals surface area contributed by atoms with Crippen molar-refractivity contribution in [3.8, 4) is 0 Å². The zero-order valence-electron chi connectivity index (χ0n) is 8.17. The molecule has 0 spiro atoms. The Morgan fingerprint density at radius 1 is 1.46 bits per heavy atom. The van der Waals surface area contributed by atoms with Gasteiger partial charge >= 0.3 is 0 Å². The van der Waals surface area contributed by atoms with Gasteiger partial charge in [0.05, 0.1) is 5.54 Å². The van der Waals surface area contributed by atoms with Gasteiger partial charge in [-0.2, -0.15) is 0 Å². The SMILES string of the molecule is CC1(C)C(=O)CCN1C(=O)C1CC1. The number of Topliss-reactive ketones (excluding diaryl/α,β-unsaturated/α-hetero) is 1. The Balaban J connectivity index is 2.15. The van der Waals surface area contributed by atoms with E-state index in [4.69, 9.17) is 0 Å². The Labute approximate surface area is 78.1 Å². The first-order chi connectivity index (χ1) is 6.03. The van der Waals surface area contributed by atoms with E-state index in [2.05, 4.69) is 0 Å². The third kappa shape index (κ3) is 1.26. The summed E-state index contributed by atoms with van der Waals surface area (Å²) in [7, 11) is 0. The van der Waals surface area contributed by atoms with Crippen LogP contribution in [0.5, 0.6) is 0 Å². The molecular weight excluding hydrogens is 166 g/mol. The zero-order chi connectivity index (χ0) is 9.64. The average Bonchev–Trinajstić information content (AvgIpc) is 2.82. The summed E-state index contributed by atoms with van der Waals surface area (Å²) in [5, 5.41) is 0. The van der Waals surface area contributed by atoms with Crippen LogP contribution in [0.2, 0.25) is 0 Å². The lowest BCUT2D eigenvalue weighted by atomic mass is 10.0. The van der Waals surface area contributed by atoms with Crippen molar-refractivity contribution < 1.29 is 9.59 Å². The van der Waals surface area contributed by atoms with Gasteiger partial charge in [-0.05, 0) is 26.7 Å². The molecule has 3 heteroatoms. The van der Waals surface area contributed by atoms with Crippen LogP contribution in [0.4, 0.5) is 0 Å². The average molecular weight is 181 g/mol. The Hall–Kier alpha value is -0.860. The van der Waals surface area contributed by atoms with Crippen molar-refractivity contribution in [3.63, 3.8) is 0 Å². The number of hydrogen-bond acceptors (Lipinski definition) is 2. The number of carbonyl (C=O) groups is 2. The summed E-state index contributed by atoms with van der Waals surface area (Å²) in [6, 6.07) is 0. The van der Waals surface area contributed by atoms with Crippen LogP contribution in [0.3, 0.4) is 0 Å². The number of likely N-dealkylation sites (tertiary alicyclic amines) is 1. The lowest BCUT2D eigenvalue weighted by molar-refractivity contribution is -0.139. The summed E-state index contributed by atoms with van der Waals surface area (Å²) in [5.74, 6) is 0.613. The van der Waals surface area contributed by atoms with Crippen molar-refractivity contribution in [2.75, 3.05) is 6.54 Å². The van der Waals surface area contributed by atoms with E-state index < -0.39 is 5.54 Å². The molecule has 1 aliphatic carbocycles. The van der Waals surface area contributed by atoms with Gasteiger partial charge in [0.25, 0.3) is 0 Å². The first-order valence-electron chi connectivity index (χ1n) is 4.88. The van der Waals surface area contributed by atoms with E-state index in [0.717, 1.165) is 12.8 Å². The molecule has 0 bridgehead atoms. The molecule has 1 heterocycles. The lowest BCUT2D eigenvalue weighted by Crippen LogP contribution is -2.47. The third-order valence-electron chi connectivity index (χ3n) is 3.11. The van der Waals surface area contributed by atoms with Gasteiger partial charge in [0.2, 0.25) is 5.91 Å². The van der Waals surface area contributed by atoms with Crippen molar-refractivity contribution in [1.29, 1.82) is 0 Å². The first kappa shape index (κ1) is 8.73. The Kier molecular flexibility index (Phi) is 1.72. The van der Waals surface area contributed by atoms with Crippen molar-refractivity contribution in [1.82, 2.24) is 4.90 Å². The van der Waals surface area contributed by atoms with Gasteiger partial charge < -0.3 is 4.90 Å². The number of amides is 1. The number of hydrogen-bond donors (Lipinski definition) is 0. The van der Waals surface area contributed by atoms with Crippen LogP contribution >= 0.6 is 0 Å². The molecule has 0 atom stereocenters. The van der Waals surface area contributed by atoms with Gasteiger partial charge in [-0.1, -0.05) is 0 Å². The molecule has 1 aliphatic heterocycles. The molecule has 0 unspecified atom stereocenters. The minimum absolute atomic E-state index is 0.191. The molecule has 2 rings (SSSR count). The predicted molar refractivity (Wildman–Crippen MR) is 48.1 cm³/mol. The fourth-order valence-corrected chi connectivity index (χ4v) is 1.89. The highest BCUT2D eigenvalue weighted by molar-refractivity contribution is 5.96. The van der Waals surface area contributed by atoms with E-state index in [1.807, 2.05) is 13.8 Å². The molecule has 0 radical (unpaired) electrons. The number of nitrogens with zero attached hydrogens (tertiary/aromatic N) is 1. The minimum Gasteiger partial charge on any atom is -0.330 e. The summed E-state index contributed by atoms with van der Waals surface area (Å²) in [6.07, 6.45) is 2.56. The van der Waals surface area contributed by atoms with Crippen LogP contribution in [-0.4, -0.2) is 28.7 Å². The largest absolute Gasteiger partial charge is 0.330 e. The Morgan fingerprint density at radius 3 is 2.46 bits per heavy atom. The molecule has 72 valence electrons. The molecule has 0 aromatic heterocycles. The molecule has 1 saturated carbocycles. The third-order valence-corrected chi connectivity index (χ3v) is 3.11. The quantitative estimate of drug-likeness (QED) is 0.604. The van der Waals surface area contributed by atoms with E-state index in [1.165, 1.54) is 0 Å². The summed E-state index contributed by atoms with van der Waals surface area (Å²) in [5.41, 5.74) is -0.542. The fourth-order valence-electron chi connectivity index (χ4n) is 1.89. The lowest BCUT2D eigenvalue weighted by Gasteiger charge is -2.30. The summed E-state index contributed by atoms with van der Waals surface area (Å²) in [6.45, 7) is 4.33. The monoisotopic (exact) mass is 181 g/mol. The highest BCUT2D eigenvalue weighted by Crippen LogP contribution is 2.35. The predicted octanol–water partition coefficient (Wildman–Crippen LogP) is 0.976. The van der Waals surface area contributed by atoms with Crippen LogP contribution < -0.4 is 0 Å². The molecule has 0 N–H and O–H groups in total. The standard InChI is InChI=1S/C10H15NO2/c1-10(2)8(12)5-6-11(10)9(13)7-3-4-7/h7H,3-6H2,1-2H3. The second-order valence-corrected chi connectivity index (χ2v) is 4.50. The molecule has 2 aliphatic rings. The Morgan fingerprint density at radius 2 is 2.08 bits per heavy atom. The van der Waals surface area contributed by atoms with E-state index in [-0.39, 0.29) is 17.6 Å². The van der Waals surface area contributed by atoms with Gasteiger partial charge in [0, 0.05) is 18.9 Å². The zero-order valence-corrected chi connectivity index (χ0v) is 8.17. The summed E-state index contributed by atoms with van der Waals surface area (Å²) in [4.78, 5) is 25.0. The van der Waals surface area contributed by atoms with Gasteiger partial charge in [0.15, 0.2) is 5.78 Å². The molecule has 1 amide bonds. The van der Waals surface area contributed by atoms with E-state index in [0.29, 0.717) is 13.0 Å². The molecular formula is C10H15NO2. The van der Waals surface area contributed by atoms with E-state index in [9.17, 15) is 9.59 Å². The summed E-state index contributed by atoms with van der Waals surface area (Å²) >= 11 is 0. The number of rotatable bonds is 1. The van der Waals surface area contributed by atoms with Gasteiger partial charge in [0.1, 0.15) is 0 Å². The van der Waals surface area contributed by atoms with Gasteiger partial charge in [-0.25, -0.2) is 0 Å². The minimum atomic E-state index is -0.542. The van der Waals surface area contributed by atoms with Crippen molar-refractivity contribution in [3.05, 3.63) is 0 Å². The van der Waals surface area contributed by atoms with E-state index in [1.54, 1.807) is 4.90 Å². The highest BCUT2D eigenvalue weighted by Gasteiger charge is 2.46. The second kappa shape index (κ2) is 2.56. The fraction of sp³-hybridized carbons (Fsp3) is 0.800. The smallest absolute Gasteiger partial charge is 0.226 e. The van der Waals surface area contributed by atoms with Gasteiger partial charge in [-0.15, -0.1) is 0 Å². The molecule has 0 aromatic rings. The molecule has 1 saturated heterocycles. The number of carbonyl (C=O) groups excluding carboxylic acids is 2. The second-order valence-electron chi connectivity index (χ2n) is 4.50. The van der Waals surface area contributed by atoms with Crippen LogP contribution in [0, 0.1) is 5.92 Å². The van der Waals surface area contributed by atoms with Crippen LogP contribution in [-0.2, 0) is 9.59 Å². The highest BCUT2D eigenvalue weighted by atomic mass is 16.2. The Bertz CT molecular complexity index is 266. The van der Waals surface area contributed by atoms with Crippen molar-refractivity contribution in [2.45, 2.75) is 38.6 Å². The molecule has 2 fully saturated rings. The summed E-state index contributed by atoms with van der Waals surface area (Å²) < 4.78 is 0. The maximum atomic E-state index is 11.7. The maximum Gasteiger partial charge on any atom is 0.226 e. The normalized spacial score (nSPS) is 26.6. The van der Waals surface area contributed by atoms with E-state index >= 15 is 0 Å². The van der Waals surface area contributed by atoms with Crippen LogP contribution in [0.15, 0.2) is 0 Å². The van der Waals surface area contributed by atoms with Crippen molar-refractivity contribution >= 4 is 11.7 Å². The maximum absolute atomic E-state index is 11.7. The van der Waals surface area contributed by atoms with Crippen LogP contribution in [0.1, 0.15) is 33.1 Å². The van der Waals surface area contributed by atoms with Gasteiger partial charge in [-0.3, -0.25) is 9.59 Å². The number of ketones is 1.